The number of hydrogen-bond acceptors (Lipinski definition) is 4. The summed E-state index contributed by atoms with van der Waals surface area (Å²) in [5.41, 5.74) is 2.78. The van der Waals surface area contributed by atoms with Gasteiger partial charge in [0.2, 0.25) is 0 Å². The molecular weight excluding hydrogens is 432 g/mol. The molecule has 0 spiro atoms. The summed E-state index contributed by atoms with van der Waals surface area (Å²) in [4.78, 5) is 26.0. The maximum atomic E-state index is 13.0. The summed E-state index contributed by atoms with van der Waals surface area (Å²) in [7, 11) is 0. The van der Waals surface area contributed by atoms with Crippen LogP contribution in [0.1, 0.15) is 45.2 Å². The van der Waals surface area contributed by atoms with Gasteiger partial charge in [-0.3, -0.25) is 0 Å². The zero-order valence-corrected chi connectivity index (χ0v) is 21.0. The van der Waals surface area contributed by atoms with Crippen LogP contribution in [-0.4, -0.2) is 54.4 Å². The summed E-state index contributed by atoms with van der Waals surface area (Å²) < 4.78 is 11.2. The minimum absolute atomic E-state index is 0.104. The number of carboxylic acids is 1. The Labute approximate surface area is 203 Å². The molecule has 0 aliphatic heterocycles. The zero-order chi connectivity index (χ0) is 25.1. The molecular formula is C27H38N2O5. The van der Waals surface area contributed by atoms with E-state index < -0.39 is 12.1 Å². The Bertz CT molecular complexity index is 921. The van der Waals surface area contributed by atoms with Crippen molar-refractivity contribution in [2.45, 2.75) is 53.6 Å². The molecule has 0 saturated carbocycles. The average molecular weight is 471 g/mol. The molecule has 2 rings (SSSR count). The minimum Gasteiger partial charge on any atom is -0.492 e. The number of para-hydroxylation sites is 1. The Kier molecular flexibility index (Phi) is 10.4. The molecule has 1 atom stereocenters. The van der Waals surface area contributed by atoms with Crippen LogP contribution >= 0.6 is 0 Å². The molecule has 2 amide bonds. The van der Waals surface area contributed by atoms with Crippen LogP contribution in [0.25, 0.3) is 0 Å². The van der Waals surface area contributed by atoms with Crippen LogP contribution in [0.3, 0.4) is 0 Å². The summed E-state index contributed by atoms with van der Waals surface area (Å²) in [5, 5.41) is 12.3. The average Bonchev–Trinajstić information content (AvgIpc) is 2.77. The van der Waals surface area contributed by atoms with Crippen molar-refractivity contribution in [2.24, 2.45) is 5.41 Å². The Morgan fingerprint density at radius 3 is 2.32 bits per heavy atom. The molecule has 2 aromatic carbocycles. The van der Waals surface area contributed by atoms with E-state index in [1.54, 1.807) is 11.8 Å². The lowest BCUT2D eigenvalue weighted by molar-refractivity contribution is -0.149. The van der Waals surface area contributed by atoms with Crippen molar-refractivity contribution in [3.63, 3.8) is 0 Å². The van der Waals surface area contributed by atoms with Gasteiger partial charge >= 0.3 is 12.0 Å². The number of hydrogen-bond donors (Lipinski definition) is 2. The molecule has 186 valence electrons. The molecule has 2 aromatic rings. The molecule has 0 bridgehead atoms. The van der Waals surface area contributed by atoms with E-state index in [1.165, 1.54) is 0 Å². The highest BCUT2D eigenvalue weighted by Gasteiger charge is 2.19. The third-order valence-electron chi connectivity index (χ3n) is 5.42. The second-order valence-corrected chi connectivity index (χ2v) is 9.52. The highest BCUT2D eigenvalue weighted by atomic mass is 16.5. The van der Waals surface area contributed by atoms with Crippen LogP contribution in [0.15, 0.2) is 48.5 Å². The number of aliphatic carboxylic acids is 1. The van der Waals surface area contributed by atoms with Crippen LogP contribution < -0.4 is 10.1 Å². The van der Waals surface area contributed by atoms with Crippen molar-refractivity contribution < 1.29 is 24.2 Å². The molecule has 7 heteroatoms. The topological polar surface area (TPSA) is 88.1 Å². The van der Waals surface area contributed by atoms with Crippen molar-refractivity contribution in [2.75, 3.05) is 31.6 Å². The van der Waals surface area contributed by atoms with Crippen molar-refractivity contribution in [3.05, 3.63) is 59.7 Å². The first-order chi connectivity index (χ1) is 16.1. The molecule has 0 saturated heterocycles. The highest BCUT2D eigenvalue weighted by molar-refractivity contribution is 5.90. The van der Waals surface area contributed by atoms with E-state index in [4.69, 9.17) is 9.47 Å². The number of rotatable bonds is 12. The normalized spacial score (nSPS) is 12.1. The molecule has 2 N–H and O–H groups in total. The maximum absolute atomic E-state index is 13.0. The first-order valence-corrected chi connectivity index (χ1v) is 11.8. The number of aryl methyl sites for hydroxylation is 1. The number of carbonyl (C=O) groups is 2. The second-order valence-electron chi connectivity index (χ2n) is 9.52. The van der Waals surface area contributed by atoms with E-state index in [0.29, 0.717) is 38.5 Å². The number of carboxylic acid groups (broad SMARTS) is 1. The lowest BCUT2D eigenvalue weighted by Crippen LogP contribution is -2.39. The van der Waals surface area contributed by atoms with Gasteiger partial charge in [0.1, 0.15) is 12.4 Å². The molecule has 0 aliphatic carbocycles. The largest absolute Gasteiger partial charge is 0.492 e. The number of nitrogens with one attached hydrogen (secondary N) is 1. The third-order valence-corrected chi connectivity index (χ3v) is 5.42. The van der Waals surface area contributed by atoms with Gasteiger partial charge in [0.25, 0.3) is 0 Å². The fourth-order valence-electron chi connectivity index (χ4n) is 3.32. The van der Waals surface area contributed by atoms with Crippen LogP contribution in [0.2, 0.25) is 0 Å². The standard InChI is InChI=1S/C27H38N2O5/c1-6-33-24(25(30)31)19-21-11-13-22(14-12-21)34-18-17-29(16-15-27(3,4)5)26(32)28-23-10-8-7-9-20(23)2/h7-14,24H,6,15-19H2,1-5H3,(H,28,32)(H,30,31). The monoisotopic (exact) mass is 470 g/mol. The maximum Gasteiger partial charge on any atom is 0.333 e. The predicted octanol–water partition coefficient (Wildman–Crippen LogP) is 5.38. The van der Waals surface area contributed by atoms with Crippen LogP contribution in [-0.2, 0) is 16.0 Å². The first-order valence-electron chi connectivity index (χ1n) is 11.8. The number of urea groups is 1. The summed E-state index contributed by atoms with van der Waals surface area (Å²) in [6.45, 7) is 12.0. The molecule has 0 aromatic heterocycles. The van der Waals surface area contributed by atoms with Gasteiger partial charge < -0.3 is 24.8 Å². The van der Waals surface area contributed by atoms with Crippen LogP contribution in [0.4, 0.5) is 10.5 Å². The van der Waals surface area contributed by atoms with E-state index in [0.717, 1.165) is 23.2 Å². The van der Waals surface area contributed by atoms with E-state index in [2.05, 4.69) is 26.1 Å². The number of benzene rings is 2. The lowest BCUT2D eigenvalue weighted by atomic mass is 9.92. The van der Waals surface area contributed by atoms with Gasteiger partial charge in [-0.1, -0.05) is 51.1 Å². The fraction of sp³-hybridized carbons (Fsp3) is 0.481. The minimum atomic E-state index is -0.971. The van der Waals surface area contributed by atoms with E-state index in [-0.39, 0.29) is 11.4 Å². The molecule has 0 heterocycles. The Balaban J connectivity index is 1.95. The van der Waals surface area contributed by atoms with Gasteiger partial charge in [-0.25, -0.2) is 9.59 Å². The zero-order valence-electron chi connectivity index (χ0n) is 21.0. The van der Waals surface area contributed by atoms with Crippen LogP contribution in [0.5, 0.6) is 5.75 Å². The third kappa shape index (κ3) is 9.43. The predicted molar refractivity (Wildman–Crippen MR) is 135 cm³/mol. The van der Waals surface area contributed by atoms with Crippen molar-refractivity contribution in [1.29, 1.82) is 0 Å². The summed E-state index contributed by atoms with van der Waals surface area (Å²) in [5.74, 6) is -0.302. The molecule has 7 nitrogen and oxygen atoms in total. The lowest BCUT2D eigenvalue weighted by Gasteiger charge is -2.27. The molecule has 0 radical (unpaired) electrons. The summed E-state index contributed by atoms with van der Waals surface area (Å²) in [6.07, 6.45) is 0.302. The van der Waals surface area contributed by atoms with E-state index >= 15 is 0 Å². The molecule has 0 fully saturated rings. The smallest absolute Gasteiger partial charge is 0.333 e. The number of nitrogens with zero attached hydrogens (tertiary/aromatic N) is 1. The van der Waals surface area contributed by atoms with Gasteiger partial charge in [-0.15, -0.1) is 0 Å². The molecule has 1 unspecified atom stereocenters. The second kappa shape index (κ2) is 13.0. The van der Waals surface area contributed by atoms with Crippen molar-refractivity contribution >= 4 is 17.7 Å². The van der Waals surface area contributed by atoms with Gasteiger partial charge in [0, 0.05) is 25.3 Å². The Morgan fingerprint density at radius 2 is 1.74 bits per heavy atom. The van der Waals surface area contributed by atoms with Gasteiger partial charge in [0.15, 0.2) is 6.10 Å². The Hall–Kier alpha value is -3.06. The summed E-state index contributed by atoms with van der Waals surface area (Å²) in [6, 6.07) is 14.9. The number of anilines is 1. The molecule has 0 aliphatic rings. The SMILES string of the molecule is CCOC(Cc1ccc(OCCN(CCC(C)(C)C)C(=O)Nc2ccccc2C)cc1)C(=O)O. The Morgan fingerprint density at radius 1 is 1.06 bits per heavy atom. The van der Waals surface area contributed by atoms with Gasteiger partial charge in [0.05, 0.1) is 6.54 Å². The fourth-order valence-corrected chi connectivity index (χ4v) is 3.32. The number of amides is 2. The quantitative estimate of drug-likeness (QED) is 0.435. The highest BCUT2D eigenvalue weighted by Crippen LogP contribution is 2.20. The number of ether oxygens (including phenoxy) is 2. The van der Waals surface area contributed by atoms with Gasteiger partial charge in [-0.2, -0.15) is 0 Å². The molecule has 34 heavy (non-hydrogen) atoms. The number of carbonyl (C=O) groups excluding carboxylic acids is 1. The first kappa shape index (κ1) is 27.2. The van der Waals surface area contributed by atoms with Crippen molar-refractivity contribution in [3.8, 4) is 5.75 Å². The van der Waals surface area contributed by atoms with Crippen molar-refractivity contribution in [1.82, 2.24) is 4.90 Å². The van der Waals surface area contributed by atoms with E-state index in [1.807, 2.05) is 55.5 Å². The van der Waals surface area contributed by atoms with Gasteiger partial charge in [-0.05, 0) is 55.0 Å². The summed E-state index contributed by atoms with van der Waals surface area (Å²) >= 11 is 0. The van der Waals surface area contributed by atoms with E-state index in [9.17, 15) is 14.7 Å². The van der Waals surface area contributed by atoms with Crippen LogP contribution in [0, 0.1) is 12.3 Å².